The summed E-state index contributed by atoms with van der Waals surface area (Å²) in [6.45, 7) is 7.59. The van der Waals surface area contributed by atoms with E-state index in [1.165, 1.54) is 25.7 Å². The molecule has 0 aromatic carbocycles. The van der Waals surface area contributed by atoms with Crippen LogP contribution in [-0.2, 0) is 6.42 Å². The van der Waals surface area contributed by atoms with E-state index in [0.717, 1.165) is 31.0 Å². The normalized spacial score (nSPS) is 17.5. The van der Waals surface area contributed by atoms with E-state index in [4.69, 9.17) is 4.42 Å². The van der Waals surface area contributed by atoms with E-state index in [9.17, 15) is 0 Å². The SMILES string of the molecule is CC(C)(C)NCCCc1ncc(C2CCCC2)o1. The number of nitrogens with zero attached hydrogens (tertiary/aromatic N) is 1. The molecule has 0 aliphatic heterocycles. The minimum Gasteiger partial charge on any atom is -0.445 e. The van der Waals surface area contributed by atoms with Gasteiger partial charge in [0.25, 0.3) is 0 Å². The highest BCUT2D eigenvalue weighted by Gasteiger charge is 2.20. The topological polar surface area (TPSA) is 38.1 Å². The molecular formula is C15H26N2O. The highest BCUT2D eigenvalue weighted by molar-refractivity contribution is 5.03. The Bertz CT molecular complexity index is 359. The summed E-state index contributed by atoms with van der Waals surface area (Å²) >= 11 is 0. The van der Waals surface area contributed by atoms with Crippen molar-refractivity contribution < 1.29 is 4.42 Å². The molecule has 1 aromatic heterocycles. The second-order valence-electron chi connectivity index (χ2n) is 6.42. The zero-order valence-corrected chi connectivity index (χ0v) is 12.0. The Hall–Kier alpha value is -0.830. The molecule has 0 bridgehead atoms. The predicted octanol–water partition coefficient (Wildman–Crippen LogP) is 3.65. The third-order valence-electron chi connectivity index (χ3n) is 3.55. The number of rotatable bonds is 5. The molecule has 102 valence electrons. The van der Waals surface area contributed by atoms with Gasteiger partial charge in [-0.15, -0.1) is 0 Å². The highest BCUT2D eigenvalue weighted by atomic mass is 16.4. The van der Waals surface area contributed by atoms with E-state index in [1.54, 1.807) is 0 Å². The summed E-state index contributed by atoms with van der Waals surface area (Å²) in [6.07, 6.45) is 9.22. The summed E-state index contributed by atoms with van der Waals surface area (Å²) < 4.78 is 5.86. The lowest BCUT2D eigenvalue weighted by Crippen LogP contribution is -2.36. The van der Waals surface area contributed by atoms with Crippen molar-refractivity contribution in [2.75, 3.05) is 6.54 Å². The maximum Gasteiger partial charge on any atom is 0.194 e. The lowest BCUT2D eigenvalue weighted by Gasteiger charge is -2.20. The second kappa shape index (κ2) is 5.87. The molecule has 1 aliphatic rings. The minimum atomic E-state index is 0.200. The van der Waals surface area contributed by atoms with Crippen LogP contribution in [-0.4, -0.2) is 17.1 Å². The van der Waals surface area contributed by atoms with E-state index in [1.807, 2.05) is 6.20 Å². The summed E-state index contributed by atoms with van der Waals surface area (Å²) in [5.41, 5.74) is 0.200. The smallest absolute Gasteiger partial charge is 0.194 e. The lowest BCUT2D eigenvalue weighted by atomic mass is 10.1. The zero-order valence-electron chi connectivity index (χ0n) is 12.0. The van der Waals surface area contributed by atoms with Gasteiger partial charge in [0.05, 0.1) is 6.20 Å². The van der Waals surface area contributed by atoms with Crippen molar-refractivity contribution in [3.63, 3.8) is 0 Å². The number of aryl methyl sites for hydroxylation is 1. The van der Waals surface area contributed by atoms with Crippen LogP contribution in [0.2, 0.25) is 0 Å². The van der Waals surface area contributed by atoms with Gasteiger partial charge >= 0.3 is 0 Å². The summed E-state index contributed by atoms with van der Waals surface area (Å²) in [6, 6.07) is 0. The number of aromatic nitrogens is 1. The Morgan fingerprint density at radius 3 is 2.72 bits per heavy atom. The van der Waals surface area contributed by atoms with Crippen LogP contribution < -0.4 is 5.32 Å². The van der Waals surface area contributed by atoms with Crippen molar-refractivity contribution >= 4 is 0 Å². The van der Waals surface area contributed by atoms with Crippen molar-refractivity contribution in [3.8, 4) is 0 Å². The fourth-order valence-corrected chi connectivity index (χ4v) is 2.54. The van der Waals surface area contributed by atoms with Gasteiger partial charge < -0.3 is 9.73 Å². The van der Waals surface area contributed by atoms with E-state index >= 15 is 0 Å². The molecule has 0 atom stereocenters. The fourth-order valence-electron chi connectivity index (χ4n) is 2.54. The van der Waals surface area contributed by atoms with Crippen LogP contribution in [0.5, 0.6) is 0 Å². The quantitative estimate of drug-likeness (QED) is 0.811. The maximum absolute atomic E-state index is 5.86. The number of nitrogens with one attached hydrogen (secondary N) is 1. The first kappa shape index (κ1) is 13.6. The van der Waals surface area contributed by atoms with Gasteiger partial charge in [-0.25, -0.2) is 4.98 Å². The number of oxazole rings is 1. The van der Waals surface area contributed by atoms with Gasteiger partial charge in [0.1, 0.15) is 5.76 Å². The van der Waals surface area contributed by atoms with Gasteiger partial charge in [0.2, 0.25) is 0 Å². The Kier molecular flexibility index (Phi) is 4.44. The van der Waals surface area contributed by atoms with Crippen LogP contribution in [0.3, 0.4) is 0 Å². The van der Waals surface area contributed by atoms with Gasteiger partial charge in [-0.3, -0.25) is 0 Å². The molecule has 3 nitrogen and oxygen atoms in total. The predicted molar refractivity (Wildman–Crippen MR) is 73.8 cm³/mol. The van der Waals surface area contributed by atoms with Gasteiger partial charge in [-0.1, -0.05) is 12.8 Å². The largest absolute Gasteiger partial charge is 0.445 e. The molecule has 1 N–H and O–H groups in total. The van der Waals surface area contributed by atoms with Crippen LogP contribution in [0, 0.1) is 0 Å². The third kappa shape index (κ3) is 4.13. The lowest BCUT2D eigenvalue weighted by molar-refractivity contribution is 0.397. The third-order valence-corrected chi connectivity index (χ3v) is 3.55. The van der Waals surface area contributed by atoms with Crippen molar-refractivity contribution in [1.82, 2.24) is 10.3 Å². The summed E-state index contributed by atoms with van der Waals surface area (Å²) in [5, 5.41) is 3.48. The first-order valence-corrected chi connectivity index (χ1v) is 7.24. The molecular weight excluding hydrogens is 224 g/mol. The molecule has 0 unspecified atom stereocenters. The van der Waals surface area contributed by atoms with E-state index < -0.39 is 0 Å². The molecule has 18 heavy (non-hydrogen) atoms. The Morgan fingerprint density at radius 2 is 2.06 bits per heavy atom. The molecule has 1 aliphatic carbocycles. The van der Waals surface area contributed by atoms with Gasteiger partial charge in [0, 0.05) is 17.9 Å². The van der Waals surface area contributed by atoms with E-state index in [2.05, 4.69) is 31.1 Å². The minimum absolute atomic E-state index is 0.200. The molecule has 1 fully saturated rings. The van der Waals surface area contributed by atoms with E-state index in [0.29, 0.717) is 5.92 Å². The molecule has 1 aromatic rings. The summed E-state index contributed by atoms with van der Waals surface area (Å²) in [7, 11) is 0. The summed E-state index contributed by atoms with van der Waals surface area (Å²) in [5.74, 6) is 2.66. The molecule has 0 saturated heterocycles. The van der Waals surface area contributed by atoms with Crippen molar-refractivity contribution in [1.29, 1.82) is 0 Å². The molecule has 3 heteroatoms. The van der Waals surface area contributed by atoms with Crippen LogP contribution in [0.25, 0.3) is 0 Å². The fraction of sp³-hybridized carbons (Fsp3) is 0.800. The van der Waals surface area contributed by atoms with Crippen molar-refractivity contribution in [3.05, 3.63) is 17.8 Å². The molecule has 0 amide bonds. The standard InChI is InChI=1S/C15H26N2O/c1-15(2,3)17-10-6-9-14-16-11-13(18-14)12-7-4-5-8-12/h11-12,17H,4-10H2,1-3H3. The molecule has 1 heterocycles. The maximum atomic E-state index is 5.86. The molecule has 0 radical (unpaired) electrons. The molecule has 0 spiro atoms. The highest BCUT2D eigenvalue weighted by Crippen LogP contribution is 2.34. The van der Waals surface area contributed by atoms with Crippen molar-refractivity contribution in [2.24, 2.45) is 0 Å². The zero-order chi connectivity index (χ0) is 13.0. The Labute approximate surface area is 110 Å². The average Bonchev–Trinajstić information content (AvgIpc) is 2.93. The first-order chi connectivity index (χ1) is 8.54. The monoisotopic (exact) mass is 250 g/mol. The number of hydrogen-bond acceptors (Lipinski definition) is 3. The van der Waals surface area contributed by atoms with Crippen LogP contribution in [0.4, 0.5) is 0 Å². The van der Waals surface area contributed by atoms with Crippen LogP contribution in [0.15, 0.2) is 10.6 Å². The van der Waals surface area contributed by atoms with E-state index in [-0.39, 0.29) is 5.54 Å². The van der Waals surface area contributed by atoms with Gasteiger partial charge in [-0.2, -0.15) is 0 Å². The van der Waals surface area contributed by atoms with Gasteiger partial charge in [0.15, 0.2) is 5.89 Å². The first-order valence-electron chi connectivity index (χ1n) is 7.24. The van der Waals surface area contributed by atoms with Crippen LogP contribution in [0.1, 0.15) is 70.4 Å². The average molecular weight is 250 g/mol. The number of hydrogen-bond donors (Lipinski definition) is 1. The van der Waals surface area contributed by atoms with Crippen LogP contribution >= 0.6 is 0 Å². The Balaban J connectivity index is 1.73. The molecule has 1 saturated carbocycles. The summed E-state index contributed by atoms with van der Waals surface area (Å²) in [4.78, 5) is 4.40. The Morgan fingerprint density at radius 1 is 1.33 bits per heavy atom. The van der Waals surface area contributed by atoms with Gasteiger partial charge in [-0.05, 0) is 46.6 Å². The second-order valence-corrected chi connectivity index (χ2v) is 6.42. The van der Waals surface area contributed by atoms with Crippen molar-refractivity contribution in [2.45, 2.75) is 70.8 Å². The molecule has 2 rings (SSSR count).